The van der Waals surface area contributed by atoms with Crippen LogP contribution in [-0.4, -0.2) is 32.1 Å². The Morgan fingerprint density at radius 3 is 2.82 bits per heavy atom. The summed E-state index contributed by atoms with van der Waals surface area (Å²) in [6, 6.07) is 4.55. The van der Waals surface area contributed by atoms with E-state index in [0.29, 0.717) is 23.4 Å². The summed E-state index contributed by atoms with van der Waals surface area (Å²) < 4.78 is 1.39. The molecule has 0 saturated carbocycles. The van der Waals surface area contributed by atoms with Crippen LogP contribution < -0.4 is 0 Å². The molecular weight excluding hydrogens is 222 g/mol. The Bertz CT molecular complexity index is 589. The zero-order valence-corrected chi connectivity index (χ0v) is 8.99. The number of pyridine rings is 1. The smallest absolute Gasteiger partial charge is 0.356 e. The molecule has 6 heteroatoms. The lowest BCUT2D eigenvalue weighted by atomic mass is 10.3. The summed E-state index contributed by atoms with van der Waals surface area (Å²) in [5.74, 6) is -0.682. The van der Waals surface area contributed by atoms with Crippen molar-refractivity contribution in [2.24, 2.45) is 0 Å². The maximum Gasteiger partial charge on any atom is 0.356 e. The number of aldehydes is 1. The van der Waals surface area contributed by atoms with E-state index in [1.165, 1.54) is 16.9 Å². The summed E-state index contributed by atoms with van der Waals surface area (Å²) in [7, 11) is 0. The van der Waals surface area contributed by atoms with Gasteiger partial charge in [0.25, 0.3) is 0 Å². The first-order chi connectivity index (χ1) is 8.11. The molecule has 0 spiro atoms. The van der Waals surface area contributed by atoms with E-state index in [-0.39, 0.29) is 5.69 Å². The molecule has 0 atom stereocenters. The van der Waals surface area contributed by atoms with Gasteiger partial charge in [-0.05, 0) is 25.1 Å². The molecule has 6 nitrogen and oxygen atoms in total. The number of hydrogen-bond donors (Lipinski definition) is 1. The van der Waals surface area contributed by atoms with Crippen LogP contribution in [0.4, 0.5) is 0 Å². The highest BCUT2D eigenvalue weighted by Gasteiger charge is 2.12. The lowest BCUT2D eigenvalue weighted by molar-refractivity contribution is 0.0689. The van der Waals surface area contributed by atoms with Gasteiger partial charge in [-0.1, -0.05) is 0 Å². The minimum Gasteiger partial charge on any atom is -0.476 e. The van der Waals surface area contributed by atoms with Crippen molar-refractivity contribution in [3.8, 4) is 5.82 Å². The standard InChI is InChI=1S/C11H9N3O3/c1-7-4-9(11(16)17)13-14(7)10-5-8(6-15)2-3-12-10/h2-6H,1H3,(H,16,17). The molecular formula is C11H9N3O3. The van der Waals surface area contributed by atoms with Gasteiger partial charge in [0.15, 0.2) is 11.5 Å². The summed E-state index contributed by atoms with van der Waals surface area (Å²) in [6.45, 7) is 1.72. The fourth-order valence-electron chi connectivity index (χ4n) is 1.43. The summed E-state index contributed by atoms with van der Waals surface area (Å²) in [5, 5.41) is 12.7. The summed E-state index contributed by atoms with van der Waals surface area (Å²) in [6.07, 6.45) is 2.17. The van der Waals surface area contributed by atoms with Crippen LogP contribution >= 0.6 is 0 Å². The third kappa shape index (κ3) is 2.05. The second-order valence-electron chi connectivity index (χ2n) is 3.45. The van der Waals surface area contributed by atoms with Gasteiger partial charge in [-0.3, -0.25) is 4.79 Å². The number of carbonyl (C=O) groups is 2. The molecule has 0 aliphatic rings. The number of hydrogen-bond acceptors (Lipinski definition) is 4. The minimum absolute atomic E-state index is 0.0548. The number of carboxylic acid groups (broad SMARTS) is 1. The minimum atomic E-state index is -1.10. The van der Waals surface area contributed by atoms with Gasteiger partial charge in [-0.25, -0.2) is 14.5 Å². The predicted molar refractivity (Wildman–Crippen MR) is 58.4 cm³/mol. The molecule has 1 N–H and O–H groups in total. The van der Waals surface area contributed by atoms with Crippen molar-refractivity contribution in [3.63, 3.8) is 0 Å². The van der Waals surface area contributed by atoms with Gasteiger partial charge in [-0.2, -0.15) is 5.10 Å². The normalized spacial score (nSPS) is 10.2. The summed E-state index contributed by atoms with van der Waals surface area (Å²) in [5.41, 5.74) is 1.04. The lowest BCUT2D eigenvalue weighted by Gasteiger charge is -2.02. The topological polar surface area (TPSA) is 85.1 Å². The van der Waals surface area contributed by atoms with Crippen molar-refractivity contribution in [1.29, 1.82) is 0 Å². The van der Waals surface area contributed by atoms with Crippen LogP contribution in [0.25, 0.3) is 5.82 Å². The van der Waals surface area contributed by atoms with Crippen LogP contribution in [0.2, 0.25) is 0 Å². The van der Waals surface area contributed by atoms with Crippen LogP contribution in [0.3, 0.4) is 0 Å². The van der Waals surface area contributed by atoms with Gasteiger partial charge in [0.1, 0.15) is 6.29 Å². The van der Waals surface area contributed by atoms with E-state index in [1.54, 1.807) is 19.1 Å². The van der Waals surface area contributed by atoms with Crippen molar-refractivity contribution in [2.75, 3.05) is 0 Å². The highest BCUT2D eigenvalue weighted by Crippen LogP contribution is 2.10. The quantitative estimate of drug-likeness (QED) is 0.799. The number of aryl methyl sites for hydroxylation is 1. The molecule has 0 amide bonds. The van der Waals surface area contributed by atoms with Crippen LogP contribution in [-0.2, 0) is 0 Å². The number of carboxylic acids is 1. The highest BCUT2D eigenvalue weighted by atomic mass is 16.4. The van der Waals surface area contributed by atoms with Crippen molar-refractivity contribution >= 4 is 12.3 Å². The maximum atomic E-state index is 10.8. The van der Waals surface area contributed by atoms with E-state index < -0.39 is 5.97 Å². The Morgan fingerprint density at radius 1 is 1.47 bits per heavy atom. The molecule has 0 radical (unpaired) electrons. The zero-order chi connectivity index (χ0) is 12.4. The molecule has 17 heavy (non-hydrogen) atoms. The molecule has 2 rings (SSSR count). The molecule has 86 valence electrons. The molecule has 2 aromatic rings. The first-order valence-electron chi connectivity index (χ1n) is 4.83. The van der Waals surface area contributed by atoms with E-state index in [9.17, 15) is 9.59 Å². The van der Waals surface area contributed by atoms with E-state index in [1.807, 2.05) is 0 Å². The average Bonchev–Trinajstić information content (AvgIpc) is 2.72. The number of aromatic nitrogens is 3. The van der Waals surface area contributed by atoms with E-state index in [2.05, 4.69) is 10.1 Å². The Balaban J connectivity index is 2.52. The summed E-state index contributed by atoms with van der Waals surface area (Å²) in [4.78, 5) is 25.4. The van der Waals surface area contributed by atoms with Crippen molar-refractivity contribution in [1.82, 2.24) is 14.8 Å². The SMILES string of the molecule is Cc1cc(C(=O)O)nn1-c1cc(C=O)ccn1. The molecule has 0 aliphatic carbocycles. The third-order valence-electron chi connectivity index (χ3n) is 2.23. The molecule has 0 aromatic carbocycles. The van der Waals surface area contributed by atoms with Crippen LogP contribution in [0, 0.1) is 6.92 Å². The van der Waals surface area contributed by atoms with Crippen molar-refractivity contribution in [3.05, 3.63) is 41.3 Å². The largest absolute Gasteiger partial charge is 0.476 e. The van der Waals surface area contributed by atoms with Gasteiger partial charge in [-0.15, -0.1) is 0 Å². The molecule has 0 fully saturated rings. The molecule has 0 saturated heterocycles. The first-order valence-corrected chi connectivity index (χ1v) is 4.83. The van der Waals surface area contributed by atoms with Crippen molar-refractivity contribution < 1.29 is 14.7 Å². The first kappa shape index (κ1) is 11.0. The molecule has 0 aliphatic heterocycles. The van der Waals surface area contributed by atoms with E-state index in [4.69, 9.17) is 5.11 Å². The second-order valence-corrected chi connectivity index (χ2v) is 3.45. The number of nitrogens with zero attached hydrogens (tertiary/aromatic N) is 3. The average molecular weight is 231 g/mol. The Labute approximate surface area is 96.5 Å². The fourth-order valence-corrected chi connectivity index (χ4v) is 1.43. The Morgan fingerprint density at radius 2 is 2.24 bits per heavy atom. The van der Waals surface area contributed by atoms with Gasteiger partial charge in [0.05, 0.1) is 0 Å². The maximum absolute atomic E-state index is 10.8. The van der Waals surface area contributed by atoms with E-state index in [0.717, 1.165) is 0 Å². The van der Waals surface area contributed by atoms with Crippen LogP contribution in [0.15, 0.2) is 24.4 Å². The fraction of sp³-hybridized carbons (Fsp3) is 0.0909. The Hall–Kier alpha value is -2.50. The molecule has 2 heterocycles. The number of carbonyl (C=O) groups excluding carboxylic acids is 1. The van der Waals surface area contributed by atoms with Gasteiger partial charge in [0.2, 0.25) is 0 Å². The Kier molecular flexibility index (Phi) is 2.70. The summed E-state index contributed by atoms with van der Waals surface area (Å²) >= 11 is 0. The second kappa shape index (κ2) is 4.17. The van der Waals surface area contributed by atoms with E-state index >= 15 is 0 Å². The molecule has 0 bridgehead atoms. The zero-order valence-electron chi connectivity index (χ0n) is 8.99. The molecule has 2 aromatic heterocycles. The van der Waals surface area contributed by atoms with Gasteiger partial charge in [0, 0.05) is 17.5 Å². The van der Waals surface area contributed by atoms with Gasteiger partial charge >= 0.3 is 5.97 Å². The van der Waals surface area contributed by atoms with Crippen LogP contribution in [0.1, 0.15) is 26.5 Å². The van der Waals surface area contributed by atoms with Crippen molar-refractivity contribution in [2.45, 2.75) is 6.92 Å². The van der Waals surface area contributed by atoms with Crippen LogP contribution in [0.5, 0.6) is 0 Å². The van der Waals surface area contributed by atoms with Gasteiger partial charge < -0.3 is 5.11 Å². The molecule has 0 unspecified atom stereocenters. The monoisotopic (exact) mass is 231 g/mol. The number of aromatic carboxylic acids is 1. The predicted octanol–water partition coefficient (Wildman–Crippen LogP) is 1.09. The highest BCUT2D eigenvalue weighted by molar-refractivity contribution is 5.85. The number of rotatable bonds is 3. The lowest BCUT2D eigenvalue weighted by Crippen LogP contribution is -2.04. The third-order valence-corrected chi connectivity index (χ3v) is 2.23.